The van der Waals surface area contributed by atoms with Gasteiger partial charge >= 0.3 is 0 Å². The number of carbonyl (C=O) groups excluding carboxylic acids is 2. The van der Waals surface area contributed by atoms with Crippen LogP contribution in [0.15, 0.2) is 59.5 Å². The predicted octanol–water partition coefficient (Wildman–Crippen LogP) is 6.64. The van der Waals surface area contributed by atoms with Gasteiger partial charge in [0.2, 0.25) is 0 Å². The van der Waals surface area contributed by atoms with E-state index in [0.29, 0.717) is 20.5 Å². The summed E-state index contributed by atoms with van der Waals surface area (Å²) in [7, 11) is 0. The van der Waals surface area contributed by atoms with E-state index in [-0.39, 0.29) is 17.7 Å². The van der Waals surface area contributed by atoms with Crippen molar-refractivity contribution in [3.63, 3.8) is 0 Å². The third-order valence-corrected chi connectivity index (χ3v) is 6.48. The lowest BCUT2D eigenvalue weighted by Gasteiger charge is -2.13. The van der Waals surface area contributed by atoms with Crippen molar-refractivity contribution in [1.29, 1.82) is 0 Å². The van der Waals surface area contributed by atoms with Gasteiger partial charge in [-0.05, 0) is 73.1 Å². The quantitative estimate of drug-likeness (QED) is 0.413. The summed E-state index contributed by atoms with van der Waals surface area (Å²) in [5, 5.41) is 0.623. The van der Waals surface area contributed by atoms with Gasteiger partial charge in [0.25, 0.3) is 11.1 Å². The Kier molecular flexibility index (Phi) is 5.78. The molecule has 4 nitrogen and oxygen atoms in total. The first-order valence-electron chi connectivity index (χ1n) is 9.29. The Labute approximate surface area is 189 Å². The topological polar surface area (TPSA) is 42.3 Å². The Morgan fingerprint density at radius 3 is 2.43 bits per heavy atom. The van der Waals surface area contributed by atoms with E-state index in [1.807, 2.05) is 50.2 Å². The van der Waals surface area contributed by atoms with Crippen molar-refractivity contribution in [2.24, 2.45) is 0 Å². The van der Waals surface area contributed by atoms with E-state index in [1.54, 1.807) is 24.3 Å². The Morgan fingerprint density at radius 2 is 1.73 bits per heavy atom. The van der Waals surface area contributed by atoms with Crippen LogP contribution in [0.5, 0.6) is 0 Å². The molecule has 3 aromatic rings. The monoisotopic (exact) mass is 456 g/mol. The molecule has 1 fully saturated rings. The molecule has 152 valence electrons. The molecular formula is C23H18Cl2N2O2S. The van der Waals surface area contributed by atoms with Crippen LogP contribution in [0, 0.1) is 13.8 Å². The molecule has 30 heavy (non-hydrogen) atoms. The van der Waals surface area contributed by atoms with Gasteiger partial charge < -0.3 is 4.57 Å². The highest BCUT2D eigenvalue weighted by atomic mass is 35.5. The van der Waals surface area contributed by atoms with Crippen LogP contribution in [0.1, 0.15) is 22.5 Å². The average molecular weight is 457 g/mol. The molecule has 1 aliphatic rings. The molecule has 2 heterocycles. The van der Waals surface area contributed by atoms with Crippen molar-refractivity contribution >= 4 is 52.2 Å². The molecule has 0 atom stereocenters. The van der Waals surface area contributed by atoms with E-state index in [0.717, 1.165) is 34.4 Å². The predicted molar refractivity (Wildman–Crippen MR) is 123 cm³/mol. The maximum Gasteiger partial charge on any atom is 0.293 e. The molecule has 1 aromatic heterocycles. The lowest BCUT2D eigenvalue weighted by atomic mass is 10.2. The maximum atomic E-state index is 12.9. The van der Waals surface area contributed by atoms with Crippen molar-refractivity contribution < 1.29 is 9.59 Å². The number of rotatable bonds is 4. The molecule has 2 aromatic carbocycles. The van der Waals surface area contributed by atoms with E-state index in [9.17, 15) is 9.59 Å². The summed E-state index contributed by atoms with van der Waals surface area (Å²) in [6.45, 7) is 4.14. The minimum atomic E-state index is -0.319. The molecule has 0 N–H and O–H groups in total. The number of halogens is 2. The molecule has 0 spiro atoms. The van der Waals surface area contributed by atoms with E-state index in [2.05, 4.69) is 4.57 Å². The van der Waals surface area contributed by atoms with Gasteiger partial charge in [0.15, 0.2) is 0 Å². The van der Waals surface area contributed by atoms with Gasteiger partial charge in [0.1, 0.15) is 0 Å². The molecule has 1 aliphatic heterocycles. The summed E-state index contributed by atoms with van der Waals surface area (Å²) < 4.78 is 2.13. The molecule has 0 unspecified atom stereocenters. The van der Waals surface area contributed by atoms with Gasteiger partial charge in [-0.3, -0.25) is 14.5 Å². The highest BCUT2D eigenvalue weighted by Crippen LogP contribution is 2.35. The first kappa shape index (κ1) is 20.8. The second-order valence-electron chi connectivity index (χ2n) is 7.00. The largest absolute Gasteiger partial charge is 0.318 e. The number of aryl methyl sites for hydroxylation is 1. The maximum absolute atomic E-state index is 12.9. The van der Waals surface area contributed by atoms with Crippen LogP contribution in [0.25, 0.3) is 11.8 Å². The number of hydrogen-bond donors (Lipinski definition) is 0. The van der Waals surface area contributed by atoms with Crippen LogP contribution in [-0.2, 0) is 11.3 Å². The number of amides is 2. The summed E-state index contributed by atoms with van der Waals surface area (Å²) in [6.07, 6.45) is 1.79. The van der Waals surface area contributed by atoms with E-state index < -0.39 is 0 Å². The summed E-state index contributed by atoms with van der Waals surface area (Å²) in [5.41, 5.74) is 4.69. The minimum absolute atomic E-state index is 0.112. The van der Waals surface area contributed by atoms with Crippen LogP contribution in [-0.4, -0.2) is 20.6 Å². The highest BCUT2D eigenvalue weighted by molar-refractivity contribution is 8.18. The SMILES string of the molecule is Cc1cc(/C=C2\SC(=O)N(Cc3ccc(Cl)cc3Cl)C2=O)c(C)n1-c1ccccc1. The Balaban J connectivity index is 1.63. The Hall–Kier alpha value is -2.47. The molecular weight excluding hydrogens is 439 g/mol. The minimum Gasteiger partial charge on any atom is -0.318 e. The molecule has 0 bridgehead atoms. The lowest BCUT2D eigenvalue weighted by molar-refractivity contribution is -0.123. The molecule has 4 rings (SSSR count). The van der Waals surface area contributed by atoms with Crippen molar-refractivity contribution in [2.75, 3.05) is 0 Å². The number of hydrogen-bond acceptors (Lipinski definition) is 3. The normalized spacial score (nSPS) is 15.5. The molecule has 0 saturated carbocycles. The van der Waals surface area contributed by atoms with Crippen LogP contribution in [0.4, 0.5) is 4.79 Å². The first-order valence-corrected chi connectivity index (χ1v) is 10.9. The number of thioether (sulfide) groups is 1. The lowest BCUT2D eigenvalue weighted by Crippen LogP contribution is -2.27. The van der Waals surface area contributed by atoms with Gasteiger partial charge in [-0.15, -0.1) is 0 Å². The molecule has 0 aliphatic carbocycles. The van der Waals surface area contributed by atoms with Crippen molar-refractivity contribution in [2.45, 2.75) is 20.4 Å². The zero-order valence-corrected chi connectivity index (χ0v) is 18.7. The molecule has 2 amide bonds. The van der Waals surface area contributed by atoms with Crippen LogP contribution < -0.4 is 0 Å². The van der Waals surface area contributed by atoms with Crippen molar-refractivity contribution in [3.8, 4) is 5.69 Å². The van der Waals surface area contributed by atoms with E-state index in [4.69, 9.17) is 23.2 Å². The molecule has 1 saturated heterocycles. The van der Waals surface area contributed by atoms with E-state index >= 15 is 0 Å². The van der Waals surface area contributed by atoms with Gasteiger partial charge in [-0.1, -0.05) is 47.5 Å². The fourth-order valence-corrected chi connectivity index (χ4v) is 4.80. The number of imide groups is 1. The summed E-state index contributed by atoms with van der Waals surface area (Å²) in [6, 6.07) is 17.1. The Bertz CT molecular complexity index is 1190. The Morgan fingerprint density at radius 1 is 1.00 bits per heavy atom. The molecule has 7 heteroatoms. The average Bonchev–Trinajstić information content (AvgIpc) is 3.14. The summed E-state index contributed by atoms with van der Waals surface area (Å²) in [4.78, 5) is 27.0. The zero-order chi connectivity index (χ0) is 21.4. The highest BCUT2D eigenvalue weighted by Gasteiger charge is 2.35. The second-order valence-corrected chi connectivity index (χ2v) is 8.84. The smallest absolute Gasteiger partial charge is 0.293 e. The van der Waals surface area contributed by atoms with Crippen LogP contribution in [0.2, 0.25) is 10.0 Å². The number of nitrogens with zero attached hydrogens (tertiary/aromatic N) is 2. The second kappa shape index (κ2) is 8.34. The van der Waals surface area contributed by atoms with Crippen molar-refractivity contribution in [3.05, 3.63) is 92.1 Å². The summed E-state index contributed by atoms with van der Waals surface area (Å²) in [5.74, 6) is -0.319. The zero-order valence-electron chi connectivity index (χ0n) is 16.4. The number of benzene rings is 2. The standard InChI is InChI=1S/C23H18Cl2N2O2S/c1-14-10-17(15(2)27(14)19-6-4-3-5-7-19)11-21-22(28)26(23(29)30-21)13-16-8-9-18(24)12-20(16)25/h3-12H,13H2,1-2H3/b21-11-. The van der Waals surface area contributed by atoms with Crippen LogP contribution >= 0.6 is 35.0 Å². The number of aromatic nitrogens is 1. The van der Waals surface area contributed by atoms with E-state index in [1.165, 1.54) is 4.90 Å². The van der Waals surface area contributed by atoms with Gasteiger partial charge in [0, 0.05) is 27.1 Å². The number of para-hydroxylation sites is 1. The van der Waals surface area contributed by atoms with Crippen molar-refractivity contribution in [1.82, 2.24) is 9.47 Å². The van der Waals surface area contributed by atoms with Gasteiger partial charge in [0.05, 0.1) is 11.4 Å². The third-order valence-electron chi connectivity index (χ3n) is 4.99. The fourth-order valence-electron chi connectivity index (χ4n) is 3.51. The summed E-state index contributed by atoms with van der Waals surface area (Å²) >= 11 is 13.1. The fraction of sp³-hybridized carbons (Fsp3) is 0.130. The van der Waals surface area contributed by atoms with Crippen LogP contribution in [0.3, 0.4) is 0 Å². The number of carbonyl (C=O) groups is 2. The third kappa shape index (κ3) is 3.93. The van der Waals surface area contributed by atoms with Gasteiger partial charge in [-0.25, -0.2) is 0 Å². The first-order chi connectivity index (χ1) is 14.3. The molecule has 0 radical (unpaired) electrons. The van der Waals surface area contributed by atoms with Gasteiger partial charge in [-0.2, -0.15) is 0 Å².